The molecule has 1 fully saturated rings. The summed E-state index contributed by atoms with van der Waals surface area (Å²) in [6.45, 7) is 4.12. The summed E-state index contributed by atoms with van der Waals surface area (Å²) in [5.41, 5.74) is 2.70. The van der Waals surface area contributed by atoms with Crippen molar-refractivity contribution in [3.05, 3.63) is 29.8 Å². The molecule has 0 bridgehead atoms. The van der Waals surface area contributed by atoms with Crippen LogP contribution in [0.15, 0.2) is 24.3 Å². The topological polar surface area (TPSA) is 35.5 Å². The Morgan fingerprint density at radius 1 is 1.33 bits per heavy atom. The van der Waals surface area contributed by atoms with Crippen LogP contribution in [0, 0.1) is 0 Å². The third kappa shape index (κ3) is 2.85. The van der Waals surface area contributed by atoms with Crippen molar-refractivity contribution in [1.29, 1.82) is 0 Å². The number of anilines is 1. The lowest BCUT2D eigenvalue weighted by Gasteiger charge is -2.34. The number of nitrogens with one attached hydrogen (secondary N) is 1. The lowest BCUT2D eigenvalue weighted by molar-refractivity contribution is 0.145. The zero-order valence-corrected chi connectivity index (χ0v) is 11.4. The Hall–Kier alpha value is -1.06. The number of hydrogen-bond donors (Lipinski definition) is 2. The molecule has 1 atom stereocenters. The quantitative estimate of drug-likeness (QED) is 0.858. The molecule has 1 heterocycles. The molecular formula is C15H24N2O. The molecule has 0 amide bonds. The predicted molar refractivity (Wildman–Crippen MR) is 76.0 cm³/mol. The lowest BCUT2D eigenvalue weighted by atomic mass is 9.99. The first-order valence-electron chi connectivity index (χ1n) is 6.95. The van der Waals surface area contributed by atoms with Crippen LogP contribution in [0.4, 0.5) is 5.69 Å². The van der Waals surface area contributed by atoms with Gasteiger partial charge in [-0.05, 0) is 37.9 Å². The first kappa shape index (κ1) is 13.4. The van der Waals surface area contributed by atoms with E-state index in [9.17, 15) is 5.11 Å². The molecule has 1 aliphatic heterocycles. The van der Waals surface area contributed by atoms with Gasteiger partial charge < -0.3 is 15.3 Å². The maximum atomic E-state index is 9.61. The molecule has 0 radical (unpaired) electrons. The SMILES string of the molecule is CCC(NC)c1ccccc1N1CCC(O)CC1. The van der Waals surface area contributed by atoms with Gasteiger partial charge in [-0.25, -0.2) is 0 Å². The van der Waals surface area contributed by atoms with Crippen molar-refractivity contribution in [3.8, 4) is 0 Å². The van der Waals surface area contributed by atoms with E-state index in [2.05, 4.69) is 41.4 Å². The van der Waals surface area contributed by atoms with Gasteiger partial charge in [0.2, 0.25) is 0 Å². The van der Waals surface area contributed by atoms with Crippen LogP contribution < -0.4 is 10.2 Å². The maximum Gasteiger partial charge on any atom is 0.0574 e. The summed E-state index contributed by atoms with van der Waals surface area (Å²) in [5.74, 6) is 0. The van der Waals surface area contributed by atoms with Gasteiger partial charge in [-0.1, -0.05) is 25.1 Å². The Bertz CT molecular complexity index is 369. The van der Waals surface area contributed by atoms with E-state index in [0.717, 1.165) is 32.4 Å². The van der Waals surface area contributed by atoms with Gasteiger partial charge in [-0.2, -0.15) is 0 Å². The van der Waals surface area contributed by atoms with Crippen LogP contribution in [-0.2, 0) is 0 Å². The Morgan fingerprint density at radius 3 is 2.61 bits per heavy atom. The summed E-state index contributed by atoms with van der Waals surface area (Å²) in [7, 11) is 2.02. The zero-order valence-electron chi connectivity index (χ0n) is 11.4. The molecule has 2 N–H and O–H groups in total. The van der Waals surface area contributed by atoms with E-state index in [1.807, 2.05) is 7.05 Å². The lowest BCUT2D eigenvalue weighted by Crippen LogP contribution is -2.36. The maximum absolute atomic E-state index is 9.61. The average molecular weight is 248 g/mol. The van der Waals surface area contributed by atoms with E-state index in [1.54, 1.807) is 0 Å². The highest BCUT2D eigenvalue weighted by atomic mass is 16.3. The van der Waals surface area contributed by atoms with E-state index in [-0.39, 0.29) is 6.10 Å². The molecule has 2 rings (SSSR count). The molecule has 0 aromatic heterocycles. The Kier molecular flexibility index (Phi) is 4.61. The molecule has 0 saturated carbocycles. The number of para-hydroxylation sites is 1. The van der Waals surface area contributed by atoms with Gasteiger partial charge in [0.15, 0.2) is 0 Å². The fraction of sp³-hybridized carbons (Fsp3) is 0.600. The van der Waals surface area contributed by atoms with Gasteiger partial charge in [0.05, 0.1) is 6.10 Å². The molecule has 1 aromatic carbocycles. The second kappa shape index (κ2) is 6.21. The minimum Gasteiger partial charge on any atom is -0.393 e. The first-order chi connectivity index (χ1) is 8.76. The van der Waals surface area contributed by atoms with Gasteiger partial charge >= 0.3 is 0 Å². The van der Waals surface area contributed by atoms with Gasteiger partial charge in [0.25, 0.3) is 0 Å². The predicted octanol–water partition coefficient (Wildman–Crippen LogP) is 2.32. The van der Waals surface area contributed by atoms with E-state index in [0.29, 0.717) is 6.04 Å². The minimum absolute atomic E-state index is 0.111. The Labute approximate surface area is 110 Å². The number of benzene rings is 1. The number of nitrogens with zero attached hydrogens (tertiary/aromatic N) is 1. The second-order valence-corrected chi connectivity index (χ2v) is 5.03. The molecule has 1 unspecified atom stereocenters. The molecule has 1 saturated heterocycles. The summed E-state index contributed by atoms with van der Waals surface area (Å²) in [6.07, 6.45) is 2.74. The number of aliphatic hydroxyl groups is 1. The van der Waals surface area contributed by atoms with Crippen LogP contribution in [0.3, 0.4) is 0 Å². The van der Waals surface area contributed by atoms with Crippen LogP contribution in [-0.4, -0.2) is 31.3 Å². The highest BCUT2D eigenvalue weighted by Crippen LogP contribution is 2.29. The van der Waals surface area contributed by atoms with Crippen LogP contribution in [0.1, 0.15) is 37.8 Å². The summed E-state index contributed by atoms with van der Waals surface area (Å²) in [4.78, 5) is 2.40. The van der Waals surface area contributed by atoms with Crippen molar-refractivity contribution in [2.24, 2.45) is 0 Å². The molecule has 3 heteroatoms. The molecule has 1 aromatic rings. The van der Waals surface area contributed by atoms with Crippen molar-refractivity contribution < 1.29 is 5.11 Å². The monoisotopic (exact) mass is 248 g/mol. The van der Waals surface area contributed by atoms with Crippen LogP contribution >= 0.6 is 0 Å². The Balaban J connectivity index is 2.21. The third-order valence-electron chi connectivity index (χ3n) is 3.87. The number of aliphatic hydroxyl groups excluding tert-OH is 1. The normalized spacial score (nSPS) is 18.9. The number of piperidine rings is 1. The standard InChI is InChI=1S/C15H24N2O/c1-3-14(16-2)13-6-4-5-7-15(13)17-10-8-12(18)9-11-17/h4-7,12,14,16,18H,3,8-11H2,1-2H3. The highest BCUT2D eigenvalue weighted by Gasteiger charge is 2.21. The molecule has 0 aliphatic carbocycles. The van der Waals surface area contributed by atoms with Gasteiger partial charge in [0, 0.05) is 24.8 Å². The fourth-order valence-corrected chi connectivity index (χ4v) is 2.76. The molecule has 3 nitrogen and oxygen atoms in total. The van der Waals surface area contributed by atoms with E-state index < -0.39 is 0 Å². The van der Waals surface area contributed by atoms with Crippen LogP contribution in [0.5, 0.6) is 0 Å². The molecule has 100 valence electrons. The summed E-state index contributed by atoms with van der Waals surface area (Å²) in [5, 5.41) is 13.0. The summed E-state index contributed by atoms with van der Waals surface area (Å²) in [6, 6.07) is 9.04. The van der Waals surface area contributed by atoms with Crippen LogP contribution in [0.25, 0.3) is 0 Å². The van der Waals surface area contributed by atoms with Crippen molar-refractivity contribution in [2.45, 2.75) is 38.3 Å². The summed E-state index contributed by atoms with van der Waals surface area (Å²) < 4.78 is 0. The number of rotatable bonds is 4. The van der Waals surface area contributed by atoms with Crippen molar-refractivity contribution in [2.75, 3.05) is 25.0 Å². The first-order valence-corrected chi connectivity index (χ1v) is 6.95. The van der Waals surface area contributed by atoms with Crippen LogP contribution in [0.2, 0.25) is 0 Å². The van der Waals surface area contributed by atoms with E-state index in [1.165, 1.54) is 11.3 Å². The molecule has 18 heavy (non-hydrogen) atoms. The van der Waals surface area contributed by atoms with Crippen molar-refractivity contribution >= 4 is 5.69 Å². The Morgan fingerprint density at radius 2 is 2.00 bits per heavy atom. The molecule has 0 spiro atoms. The average Bonchev–Trinajstić information content (AvgIpc) is 2.42. The number of hydrogen-bond acceptors (Lipinski definition) is 3. The smallest absolute Gasteiger partial charge is 0.0574 e. The van der Waals surface area contributed by atoms with Gasteiger partial charge in [-0.3, -0.25) is 0 Å². The summed E-state index contributed by atoms with van der Waals surface area (Å²) >= 11 is 0. The van der Waals surface area contributed by atoms with E-state index >= 15 is 0 Å². The zero-order chi connectivity index (χ0) is 13.0. The van der Waals surface area contributed by atoms with Gasteiger partial charge in [0.1, 0.15) is 0 Å². The molecule has 1 aliphatic rings. The third-order valence-corrected chi connectivity index (χ3v) is 3.87. The van der Waals surface area contributed by atoms with Crippen molar-refractivity contribution in [3.63, 3.8) is 0 Å². The fourth-order valence-electron chi connectivity index (χ4n) is 2.76. The largest absolute Gasteiger partial charge is 0.393 e. The van der Waals surface area contributed by atoms with Gasteiger partial charge in [-0.15, -0.1) is 0 Å². The van der Waals surface area contributed by atoms with Crippen molar-refractivity contribution in [1.82, 2.24) is 5.32 Å². The second-order valence-electron chi connectivity index (χ2n) is 5.03. The highest BCUT2D eigenvalue weighted by molar-refractivity contribution is 5.55. The minimum atomic E-state index is -0.111. The van der Waals surface area contributed by atoms with E-state index in [4.69, 9.17) is 0 Å². The molecular weight excluding hydrogens is 224 g/mol.